The van der Waals surface area contributed by atoms with Crippen molar-refractivity contribution in [3.8, 4) is 0 Å². The minimum atomic E-state index is -0.429. The topological polar surface area (TPSA) is 130 Å². The summed E-state index contributed by atoms with van der Waals surface area (Å²) in [7, 11) is 0. The van der Waals surface area contributed by atoms with Crippen LogP contribution in [-0.4, -0.2) is 29.6 Å². The summed E-state index contributed by atoms with van der Waals surface area (Å²) in [6, 6.07) is 20.6. The lowest BCUT2D eigenvalue weighted by molar-refractivity contribution is -0.385. The fraction of sp³-hybridized carbons (Fsp3) is 0.0870. The summed E-state index contributed by atoms with van der Waals surface area (Å²) in [5.74, 6) is 0.535. The van der Waals surface area contributed by atoms with Gasteiger partial charge in [0.05, 0.1) is 15.4 Å². The molecule has 0 radical (unpaired) electrons. The highest BCUT2D eigenvalue weighted by Crippen LogP contribution is 2.29. The minimum Gasteiger partial charge on any atom is -0.319 e. The maximum Gasteiger partial charge on any atom is 0.269 e. The number of hydrogen-bond acceptors (Lipinski definition) is 8. The SMILES string of the molecule is O=[N+]([O-])c1ccc(CSc2nnc3c4ccccc4n(Cc4ccc([N+](=O)[O-])cc4)c3n2)cc1. The molecule has 5 rings (SSSR count). The van der Waals surface area contributed by atoms with Crippen LogP contribution in [0.25, 0.3) is 22.1 Å². The number of fused-ring (bicyclic) bond motifs is 3. The number of nitro benzene ring substituents is 2. The van der Waals surface area contributed by atoms with Crippen LogP contribution in [0.5, 0.6) is 0 Å². The number of hydrogen-bond donors (Lipinski definition) is 0. The van der Waals surface area contributed by atoms with Gasteiger partial charge < -0.3 is 4.57 Å². The molecule has 0 spiro atoms. The van der Waals surface area contributed by atoms with Gasteiger partial charge in [-0.2, -0.15) is 0 Å². The van der Waals surface area contributed by atoms with Crippen molar-refractivity contribution in [2.45, 2.75) is 17.5 Å². The monoisotopic (exact) mass is 472 g/mol. The van der Waals surface area contributed by atoms with Crippen LogP contribution in [0.4, 0.5) is 11.4 Å². The first-order chi connectivity index (χ1) is 16.5. The highest BCUT2D eigenvalue weighted by Gasteiger charge is 2.16. The zero-order chi connectivity index (χ0) is 23.7. The van der Waals surface area contributed by atoms with E-state index in [9.17, 15) is 20.2 Å². The average Bonchev–Trinajstić information content (AvgIpc) is 3.16. The van der Waals surface area contributed by atoms with Crippen LogP contribution in [-0.2, 0) is 12.3 Å². The summed E-state index contributed by atoms with van der Waals surface area (Å²) >= 11 is 1.39. The lowest BCUT2D eigenvalue weighted by atomic mass is 10.2. The number of non-ortho nitro benzene ring substituents is 2. The van der Waals surface area contributed by atoms with E-state index in [1.807, 2.05) is 28.8 Å². The fourth-order valence-electron chi connectivity index (χ4n) is 3.68. The van der Waals surface area contributed by atoms with Crippen LogP contribution >= 0.6 is 11.8 Å². The molecule has 168 valence electrons. The molecule has 0 unspecified atom stereocenters. The molecule has 0 aliphatic rings. The van der Waals surface area contributed by atoms with E-state index in [2.05, 4.69) is 10.2 Å². The Morgan fingerprint density at radius 1 is 0.794 bits per heavy atom. The van der Waals surface area contributed by atoms with Crippen LogP contribution in [0.15, 0.2) is 78.0 Å². The van der Waals surface area contributed by atoms with Gasteiger partial charge in [-0.3, -0.25) is 20.2 Å². The van der Waals surface area contributed by atoms with Crippen LogP contribution in [0.1, 0.15) is 11.1 Å². The van der Waals surface area contributed by atoms with Crippen LogP contribution in [0.2, 0.25) is 0 Å². The van der Waals surface area contributed by atoms with Gasteiger partial charge in [0, 0.05) is 41.9 Å². The third kappa shape index (κ3) is 4.16. The zero-order valence-corrected chi connectivity index (χ0v) is 18.4. The first-order valence-corrected chi connectivity index (χ1v) is 11.2. The Bertz CT molecular complexity index is 1530. The molecule has 2 heterocycles. The Balaban J connectivity index is 1.47. The molecule has 0 bridgehead atoms. The van der Waals surface area contributed by atoms with Crippen LogP contribution < -0.4 is 0 Å². The highest BCUT2D eigenvalue weighted by atomic mass is 32.2. The normalized spacial score (nSPS) is 11.2. The third-order valence-corrected chi connectivity index (χ3v) is 6.27. The van der Waals surface area contributed by atoms with E-state index in [1.54, 1.807) is 24.3 Å². The molecule has 10 nitrogen and oxygen atoms in total. The molecule has 0 saturated carbocycles. The van der Waals surface area contributed by atoms with Gasteiger partial charge in [0.15, 0.2) is 5.65 Å². The highest BCUT2D eigenvalue weighted by molar-refractivity contribution is 7.98. The van der Waals surface area contributed by atoms with E-state index >= 15 is 0 Å². The maximum absolute atomic E-state index is 11.0. The summed E-state index contributed by atoms with van der Waals surface area (Å²) in [4.78, 5) is 25.7. The first-order valence-electron chi connectivity index (χ1n) is 10.2. The molecule has 3 aromatic carbocycles. The lowest BCUT2D eigenvalue weighted by Crippen LogP contribution is -2.02. The minimum absolute atomic E-state index is 0.0416. The number of para-hydroxylation sites is 1. The molecule has 0 aliphatic heterocycles. The molecule has 34 heavy (non-hydrogen) atoms. The number of nitrogens with zero attached hydrogens (tertiary/aromatic N) is 6. The molecule has 0 amide bonds. The van der Waals surface area contributed by atoms with Crippen molar-refractivity contribution >= 4 is 45.2 Å². The zero-order valence-electron chi connectivity index (χ0n) is 17.6. The predicted octanol–water partition coefficient (Wildman–Crippen LogP) is 5.14. The van der Waals surface area contributed by atoms with Gasteiger partial charge in [-0.25, -0.2) is 4.98 Å². The Morgan fingerprint density at radius 3 is 2.06 bits per heavy atom. The van der Waals surface area contributed by atoms with Gasteiger partial charge in [-0.15, -0.1) is 10.2 Å². The largest absolute Gasteiger partial charge is 0.319 e. The van der Waals surface area contributed by atoms with Gasteiger partial charge >= 0.3 is 0 Å². The number of nitro groups is 2. The number of benzene rings is 3. The van der Waals surface area contributed by atoms with Crippen molar-refractivity contribution in [3.05, 3.63) is 104 Å². The smallest absolute Gasteiger partial charge is 0.269 e. The second kappa shape index (κ2) is 8.87. The van der Waals surface area contributed by atoms with Crippen molar-refractivity contribution in [1.29, 1.82) is 0 Å². The lowest BCUT2D eigenvalue weighted by Gasteiger charge is -2.07. The van der Waals surface area contributed by atoms with Gasteiger partial charge in [-0.05, 0) is 17.2 Å². The van der Waals surface area contributed by atoms with Crippen molar-refractivity contribution in [2.75, 3.05) is 0 Å². The Labute approximate surface area is 196 Å². The van der Waals surface area contributed by atoms with E-state index < -0.39 is 9.85 Å². The van der Waals surface area contributed by atoms with Crippen molar-refractivity contribution in [3.63, 3.8) is 0 Å². The molecule has 2 aromatic heterocycles. The van der Waals surface area contributed by atoms with Crippen LogP contribution in [0, 0.1) is 20.2 Å². The van der Waals surface area contributed by atoms with E-state index in [-0.39, 0.29) is 11.4 Å². The maximum atomic E-state index is 11.0. The molecule has 5 aromatic rings. The van der Waals surface area contributed by atoms with E-state index in [0.717, 1.165) is 22.0 Å². The molecule has 0 atom stereocenters. The standard InChI is InChI=1S/C23H16N6O4S/c30-28(31)17-9-5-15(6-10-17)13-27-20-4-2-1-3-19(20)21-22(27)24-23(26-25-21)34-14-16-7-11-18(12-8-16)29(32)33/h1-12H,13-14H2. The molecular weight excluding hydrogens is 456 g/mol. The van der Waals surface area contributed by atoms with Crippen LogP contribution in [0.3, 0.4) is 0 Å². The molecular formula is C23H16N6O4S. The second-order valence-corrected chi connectivity index (χ2v) is 8.45. The molecule has 0 saturated heterocycles. The quantitative estimate of drug-likeness (QED) is 0.181. The fourth-order valence-corrected chi connectivity index (χ4v) is 4.42. The first kappa shape index (κ1) is 21.5. The summed E-state index contributed by atoms with van der Waals surface area (Å²) in [6.07, 6.45) is 0. The molecule has 11 heteroatoms. The summed E-state index contributed by atoms with van der Waals surface area (Å²) in [5, 5.41) is 31.9. The van der Waals surface area contributed by atoms with E-state index in [4.69, 9.17) is 4.98 Å². The Morgan fingerprint density at radius 2 is 1.41 bits per heavy atom. The molecule has 0 N–H and O–H groups in total. The summed E-state index contributed by atoms with van der Waals surface area (Å²) in [5.41, 5.74) is 4.18. The Kier molecular flexibility index (Phi) is 5.60. The number of thioether (sulfide) groups is 1. The second-order valence-electron chi connectivity index (χ2n) is 7.51. The van der Waals surface area contributed by atoms with Gasteiger partial charge in [-0.1, -0.05) is 54.2 Å². The number of rotatable bonds is 7. The number of aromatic nitrogens is 4. The van der Waals surface area contributed by atoms with Gasteiger partial charge in [0.25, 0.3) is 11.4 Å². The summed E-state index contributed by atoms with van der Waals surface area (Å²) < 4.78 is 2.02. The van der Waals surface area contributed by atoms with Gasteiger partial charge in [0.1, 0.15) is 5.52 Å². The van der Waals surface area contributed by atoms with E-state index in [1.165, 1.54) is 36.0 Å². The van der Waals surface area contributed by atoms with Crippen molar-refractivity contribution in [1.82, 2.24) is 19.7 Å². The predicted molar refractivity (Wildman–Crippen MR) is 128 cm³/mol. The summed E-state index contributed by atoms with van der Waals surface area (Å²) in [6.45, 7) is 0.465. The van der Waals surface area contributed by atoms with Crippen molar-refractivity contribution < 1.29 is 9.85 Å². The van der Waals surface area contributed by atoms with Crippen molar-refractivity contribution in [2.24, 2.45) is 0 Å². The van der Waals surface area contributed by atoms with E-state index in [0.29, 0.717) is 28.6 Å². The third-order valence-electron chi connectivity index (χ3n) is 5.36. The average molecular weight is 472 g/mol. The molecule has 0 aliphatic carbocycles. The van der Waals surface area contributed by atoms with Gasteiger partial charge in [0.2, 0.25) is 5.16 Å². The molecule has 0 fully saturated rings. The Hall–Kier alpha value is -4.38.